The Morgan fingerprint density at radius 3 is 2.73 bits per heavy atom. The number of piperidine rings is 1. The number of amides is 1. The van der Waals surface area contributed by atoms with Crippen molar-refractivity contribution in [3.8, 4) is 0 Å². The molecule has 0 saturated carbocycles. The molecule has 1 aliphatic heterocycles. The van der Waals surface area contributed by atoms with Gasteiger partial charge in [-0.05, 0) is 40.0 Å². The Hall–Kier alpha value is -1.56. The molecule has 1 saturated heterocycles. The minimum Gasteiger partial charge on any atom is -0.444 e. The Bertz CT molecular complexity index is 501. The van der Waals surface area contributed by atoms with Crippen LogP contribution in [0.3, 0.4) is 0 Å². The van der Waals surface area contributed by atoms with Crippen molar-refractivity contribution in [3.63, 3.8) is 0 Å². The first kappa shape index (κ1) is 16.8. The van der Waals surface area contributed by atoms with E-state index < -0.39 is 11.7 Å². The molecule has 122 valence electrons. The molecule has 1 N–H and O–H groups in total. The lowest BCUT2D eigenvalue weighted by atomic mass is 10.0. The van der Waals surface area contributed by atoms with Crippen molar-refractivity contribution in [3.05, 3.63) is 17.4 Å². The van der Waals surface area contributed by atoms with Crippen molar-refractivity contribution in [2.24, 2.45) is 0 Å². The number of nitrogens with one attached hydrogen (secondary N) is 1. The summed E-state index contributed by atoms with van der Waals surface area (Å²) in [5, 5.41) is 3.35. The molecule has 0 unspecified atom stereocenters. The van der Waals surface area contributed by atoms with Gasteiger partial charge in [0.05, 0.1) is 17.4 Å². The van der Waals surface area contributed by atoms with Crippen LogP contribution in [-0.4, -0.2) is 40.8 Å². The van der Waals surface area contributed by atoms with Crippen molar-refractivity contribution in [2.45, 2.75) is 51.7 Å². The van der Waals surface area contributed by atoms with Gasteiger partial charge in [0.1, 0.15) is 5.60 Å². The van der Waals surface area contributed by atoms with E-state index in [9.17, 15) is 4.79 Å². The predicted octanol–water partition coefficient (Wildman–Crippen LogP) is 3.01. The average Bonchev–Trinajstić information content (AvgIpc) is 2.45. The number of halogens is 1. The van der Waals surface area contributed by atoms with Gasteiger partial charge < -0.3 is 15.0 Å². The third kappa shape index (κ3) is 5.02. The maximum absolute atomic E-state index is 11.8. The first-order chi connectivity index (χ1) is 10.3. The zero-order chi connectivity index (χ0) is 16.2. The number of ether oxygens (including phenoxy) is 1. The molecule has 6 nitrogen and oxygen atoms in total. The highest BCUT2D eigenvalue weighted by Gasteiger charge is 2.25. The monoisotopic (exact) mass is 326 g/mol. The molecule has 1 aromatic rings. The normalized spacial score (nSPS) is 18.9. The molecule has 1 atom stereocenters. The summed E-state index contributed by atoms with van der Waals surface area (Å²) in [5.41, 5.74) is -0.490. The smallest absolute Gasteiger partial charge is 0.407 e. The third-order valence-corrected chi connectivity index (χ3v) is 3.57. The Morgan fingerprint density at radius 1 is 1.41 bits per heavy atom. The quantitative estimate of drug-likeness (QED) is 0.924. The minimum absolute atomic E-state index is 0.169. The van der Waals surface area contributed by atoms with Crippen LogP contribution in [0.1, 0.15) is 40.0 Å². The van der Waals surface area contributed by atoms with Crippen molar-refractivity contribution in [1.82, 2.24) is 15.3 Å². The number of rotatable bonds is 3. The van der Waals surface area contributed by atoms with Crippen molar-refractivity contribution in [2.75, 3.05) is 18.0 Å². The first-order valence-corrected chi connectivity index (χ1v) is 7.94. The number of hydrogen-bond acceptors (Lipinski definition) is 5. The van der Waals surface area contributed by atoms with Crippen LogP contribution in [0.4, 0.5) is 10.7 Å². The van der Waals surface area contributed by atoms with Crippen LogP contribution in [0.2, 0.25) is 5.02 Å². The lowest BCUT2D eigenvalue weighted by Gasteiger charge is -2.35. The fourth-order valence-corrected chi connectivity index (χ4v) is 2.54. The SMILES string of the molecule is CC(C)(C)OC(=O)NC[C@H]1CCCCN1c1ncc(Cl)cn1. The lowest BCUT2D eigenvalue weighted by Crippen LogP contribution is -2.48. The van der Waals surface area contributed by atoms with E-state index in [2.05, 4.69) is 20.2 Å². The molecule has 0 bridgehead atoms. The van der Waals surface area contributed by atoms with Gasteiger partial charge in [0.25, 0.3) is 0 Å². The van der Waals surface area contributed by atoms with Crippen molar-refractivity contribution < 1.29 is 9.53 Å². The second-order valence-electron chi connectivity index (χ2n) is 6.43. The number of alkyl carbamates (subject to hydrolysis) is 1. The Kier molecular flexibility index (Phi) is 5.45. The number of carbonyl (C=O) groups is 1. The molecule has 1 fully saturated rings. The van der Waals surface area contributed by atoms with E-state index in [0.29, 0.717) is 17.5 Å². The van der Waals surface area contributed by atoms with Crippen LogP contribution in [0, 0.1) is 0 Å². The van der Waals surface area contributed by atoms with Gasteiger partial charge in [-0.25, -0.2) is 14.8 Å². The molecule has 22 heavy (non-hydrogen) atoms. The summed E-state index contributed by atoms with van der Waals surface area (Å²) in [5.74, 6) is 0.653. The Morgan fingerprint density at radius 2 is 2.09 bits per heavy atom. The Labute approximate surface area is 136 Å². The van der Waals surface area contributed by atoms with Crippen LogP contribution >= 0.6 is 11.6 Å². The molecule has 2 rings (SSSR count). The van der Waals surface area contributed by atoms with Gasteiger partial charge in [-0.2, -0.15) is 0 Å². The lowest BCUT2D eigenvalue weighted by molar-refractivity contribution is 0.0522. The maximum atomic E-state index is 11.8. The van der Waals surface area contributed by atoms with Crippen LogP contribution in [0.5, 0.6) is 0 Å². The van der Waals surface area contributed by atoms with E-state index in [0.717, 1.165) is 25.8 Å². The standard InChI is InChI=1S/C15H23ClN4O2/c1-15(2,3)22-14(21)19-10-12-6-4-5-7-20(12)13-17-8-11(16)9-18-13/h8-9,12H,4-7,10H2,1-3H3,(H,19,21)/t12-/m1/s1. The molecule has 2 heterocycles. The number of anilines is 1. The first-order valence-electron chi connectivity index (χ1n) is 7.56. The topological polar surface area (TPSA) is 67.3 Å². The van der Waals surface area contributed by atoms with Crippen LogP contribution in [0.25, 0.3) is 0 Å². The molecule has 0 aromatic carbocycles. The molecule has 0 radical (unpaired) electrons. The number of carbonyl (C=O) groups excluding carboxylic acids is 1. The van der Waals surface area contributed by atoms with Gasteiger partial charge >= 0.3 is 6.09 Å². The molecule has 0 aliphatic carbocycles. The second-order valence-corrected chi connectivity index (χ2v) is 6.86. The maximum Gasteiger partial charge on any atom is 0.407 e. The zero-order valence-corrected chi connectivity index (χ0v) is 14.1. The number of hydrogen-bond donors (Lipinski definition) is 1. The molecule has 1 aromatic heterocycles. The highest BCUT2D eigenvalue weighted by Crippen LogP contribution is 2.21. The average molecular weight is 327 g/mol. The van der Waals surface area contributed by atoms with Crippen LogP contribution in [-0.2, 0) is 4.74 Å². The molecule has 1 amide bonds. The van der Waals surface area contributed by atoms with E-state index in [4.69, 9.17) is 16.3 Å². The van der Waals surface area contributed by atoms with E-state index in [1.54, 1.807) is 12.4 Å². The van der Waals surface area contributed by atoms with Crippen molar-refractivity contribution in [1.29, 1.82) is 0 Å². The molecule has 0 spiro atoms. The zero-order valence-electron chi connectivity index (χ0n) is 13.3. The second kappa shape index (κ2) is 7.13. The predicted molar refractivity (Wildman–Crippen MR) is 86.3 cm³/mol. The van der Waals surface area contributed by atoms with Gasteiger partial charge in [0.15, 0.2) is 0 Å². The summed E-state index contributed by atoms with van der Waals surface area (Å²) in [7, 11) is 0. The van der Waals surface area contributed by atoms with Crippen molar-refractivity contribution >= 4 is 23.6 Å². The van der Waals surface area contributed by atoms with E-state index in [1.165, 1.54) is 0 Å². The molecule has 1 aliphatic rings. The van der Waals surface area contributed by atoms with Gasteiger partial charge in [-0.1, -0.05) is 11.6 Å². The van der Waals surface area contributed by atoms with E-state index in [-0.39, 0.29) is 6.04 Å². The van der Waals surface area contributed by atoms with Crippen LogP contribution < -0.4 is 10.2 Å². The fraction of sp³-hybridized carbons (Fsp3) is 0.667. The molecular weight excluding hydrogens is 304 g/mol. The molecule has 7 heteroatoms. The van der Waals surface area contributed by atoms with Gasteiger partial charge in [0, 0.05) is 19.1 Å². The Balaban J connectivity index is 1.95. The fourth-order valence-electron chi connectivity index (χ4n) is 2.45. The number of aromatic nitrogens is 2. The summed E-state index contributed by atoms with van der Waals surface area (Å²) >= 11 is 5.83. The van der Waals surface area contributed by atoms with E-state index >= 15 is 0 Å². The summed E-state index contributed by atoms with van der Waals surface area (Å²) in [4.78, 5) is 22.5. The minimum atomic E-state index is -0.490. The van der Waals surface area contributed by atoms with Gasteiger partial charge in [-0.15, -0.1) is 0 Å². The summed E-state index contributed by atoms with van der Waals surface area (Å²) in [6.07, 6.45) is 6.00. The third-order valence-electron chi connectivity index (χ3n) is 3.37. The number of nitrogens with zero attached hydrogens (tertiary/aromatic N) is 3. The highest BCUT2D eigenvalue weighted by molar-refractivity contribution is 6.30. The van der Waals surface area contributed by atoms with E-state index in [1.807, 2.05) is 20.8 Å². The highest BCUT2D eigenvalue weighted by atomic mass is 35.5. The summed E-state index contributed by atoms with van der Waals surface area (Å²) in [6, 6.07) is 0.169. The van der Waals surface area contributed by atoms with Crippen LogP contribution in [0.15, 0.2) is 12.4 Å². The largest absolute Gasteiger partial charge is 0.444 e. The van der Waals surface area contributed by atoms with Gasteiger partial charge in [0.2, 0.25) is 5.95 Å². The summed E-state index contributed by atoms with van der Waals surface area (Å²) < 4.78 is 5.27. The van der Waals surface area contributed by atoms with Gasteiger partial charge in [-0.3, -0.25) is 0 Å². The summed E-state index contributed by atoms with van der Waals surface area (Å²) in [6.45, 7) is 6.94. The molecular formula is C15H23ClN4O2.